The largest absolute Gasteiger partial charge is 0.496 e. The molecule has 2 aromatic rings. The lowest BCUT2D eigenvalue weighted by atomic mass is 10.2. The zero-order valence-corrected chi connectivity index (χ0v) is 9.04. The van der Waals surface area contributed by atoms with Crippen LogP contribution in [0.15, 0.2) is 66.9 Å². The predicted octanol–water partition coefficient (Wildman–Crippen LogP) is 3.87. The summed E-state index contributed by atoms with van der Waals surface area (Å²) in [5.41, 5.74) is 2.33. The quantitative estimate of drug-likeness (QED) is 0.696. The molecule has 0 aliphatic heterocycles. The summed E-state index contributed by atoms with van der Waals surface area (Å²) < 4.78 is 5.44. The fourth-order valence-corrected chi connectivity index (χ4v) is 1.41. The molecule has 0 bridgehead atoms. The van der Waals surface area contributed by atoms with Crippen molar-refractivity contribution >= 4 is 6.08 Å². The van der Waals surface area contributed by atoms with Crippen LogP contribution >= 0.6 is 0 Å². The number of hydrogen-bond donors (Lipinski definition) is 0. The third kappa shape index (κ3) is 3.28. The molecule has 0 saturated heterocycles. The average Bonchev–Trinajstić information content (AvgIpc) is 2.37. The molecule has 0 aliphatic carbocycles. The van der Waals surface area contributed by atoms with Crippen molar-refractivity contribution in [3.05, 3.63) is 78.1 Å². The van der Waals surface area contributed by atoms with E-state index >= 15 is 0 Å². The highest BCUT2D eigenvalue weighted by Crippen LogP contribution is 2.04. The van der Waals surface area contributed by atoms with Crippen molar-refractivity contribution in [2.24, 2.45) is 0 Å². The summed E-state index contributed by atoms with van der Waals surface area (Å²) in [4.78, 5) is 0. The zero-order chi connectivity index (χ0) is 11.1. The van der Waals surface area contributed by atoms with Crippen LogP contribution in [0.3, 0.4) is 0 Å². The highest BCUT2D eigenvalue weighted by molar-refractivity contribution is 5.47. The second kappa shape index (κ2) is 5.76. The second-order valence-electron chi connectivity index (χ2n) is 3.51. The highest BCUT2D eigenvalue weighted by atomic mass is 16.5. The van der Waals surface area contributed by atoms with E-state index in [-0.39, 0.29) is 0 Å². The van der Waals surface area contributed by atoms with Crippen molar-refractivity contribution in [3.63, 3.8) is 0 Å². The minimum Gasteiger partial charge on any atom is -0.496 e. The van der Waals surface area contributed by atoms with Gasteiger partial charge in [-0.3, -0.25) is 0 Å². The first kappa shape index (κ1) is 10.5. The van der Waals surface area contributed by atoms with Gasteiger partial charge in [-0.25, -0.2) is 0 Å². The van der Waals surface area contributed by atoms with Crippen LogP contribution in [0.4, 0.5) is 0 Å². The summed E-state index contributed by atoms with van der Waals surface area (Å²) in [5.74, 6) is 0. The van der Waals surface area contributed by atoms with Crippen molar-refractivity contribution < 1.29 is 4.74 Å². The fourth-order valence-electron chi connectivity index (χ4n) is 1.41. The van der Waals surface area contributed by atoms with Gasteiger partial charge in [-0.1, -0.05) is 60.7 Å². The van der Waals surface area contributed by atoms with E-state index in [0.29, 0.717) is 6.61 Å². The van der Waals surface area contributed by atoms with Crippen LogP contribution in [0.2, 0.25) is 0 Å². The van der Waals surface area contributed by atoms with Crippen LogP contribution in [-0.2, 0) is 11.3 Å². The third-order valence-corrected chi connectivity index (χ3v) is 2.25. The Balaban J connectivity index is 1.83. The number of benzene rings is 2. The van der Waals surface area contributed by atoms with E-state index in [9.17, 15) is 0 Å². The Hall–Kier alpha value is -2.02. The standard InChI is InChI=1S/C15H14O/c1-3-7-14(8-4-1)11-12-16-13-15-9-5-2-6-10-15/h1-12H,13H2/b12-11+. The lowest BCUT2D eigenvalue weighted by Gasteiger charge is -2.00. The Morgan fingerprint density at radius 1 is 0.812 bits per heavy atom. The summed E-state index contributed by atoms with van der Waals surface area (Å²) in [6.07, 6.45) is 3.70. The molecule has 0 spiro atoms. The molecular weight excluding hydrogens is 196 g/mol. The van der Waals surface area contributed by atoms with E-state index < -0.39 is 0 Å². The summed E-state index contributed by atoms with van der Waals surface area (Å²) in [5, 5.41) is 0. The van der Waals surface area contributed by atoms with Gasteiger partial charge in [0.2, 0.25) is 0 Å². The minimum absolute atomic E-state index is 0.615. The summed E-state index contributed by atoms with van der Waals surface area (Å²) in [6, 6.07) is 20.2. The van der Waals surface area contributed by atoms with Crippen LogP contribution in [0.5, 0.6) is 0 Å². The Morgan fingerprint density at radius 2 is 1.44 bits per heavy atom. The number of rotatable bonds is 4. The molecule has 80 valence electrons. The maximum absolute atomic E-state index is 5.44. The Labute approximate surface area is 96.0 Å². The van der Waals surface area contributed by atoms with E-state index in [1.807, 2.05) is 54.6 Å². The maximum Gasteiger partial charge on any atom is 0.112 e. The summed E-state index contributed by atoms with van der Waals surface area (Å²) >= 11 is 0. The molecule has 0 aliphatic rings. The smallest absolute Gasteiger partial charge is 0.112 e. The Kier molecular flexibility index (Phi) is 3.78. The van der Waals surface area contributed by atoms with E-state index in [2.05, 4.69) is 12.1 Å². The second-order valence-corrected chi connectivity index (χ2v) is 3.51. The first-order valence-corrected chi connectivity index (χ1v) is 5.32. The summed E-state index contributed by atoms with van der Waals surface area (Å²) in [6.45, 7) is 0.615. The maximum atomic E-state index is 5.44. The Bertz CT molecular complexity index is 432. The molecule has 0 saturated carbocycles. The number of ether oxygens (including phenoxy) is 1. The van der Waals surface area contributed by atoms with Crippen molar-refractivity contribution in [1.82, 2.24) is 0 Å². The van der Waals surface area contributed by atoms with Crippen molar-refractivity contribution in [1.29, 1.82) is 0 Å². The molecule has 0 heterocycles. The van der Waals surface area contributed by atoms with Gasteiger partial charge in [0.25, 0.3) is 0 Å². The van der Waals surface area contributed by atoms with Crippen molar-refractivity contribution in [2.75, 3.05) is 0 Å². The van der Waals surface area contributed by atoms with Crippen LogP contribution in [-0.4, -0.2) is 0 Å². The van der Waals surface area contributed by atoms with Crippen LogP contribution in [0, 0.1) is 0 Å². The molecule has 0 amide bonds. The molecule has 0 N–H and O–H groups in total. The molecule has 0 aromatic heterocycles. The van der Waals surface area contributed by atoms with E-state index in [1.54, 1.807) is 6.26 Å². The lowest BCUT2D eigenvalue weighted by Crippen LogP contribution is -1.84. The van der Waals surface area contributed by atoms with Gasteiger partial charge in [0, 0.05) is 0 Å². The molecule has 2 rings (SSSR count). The molecule has 1 heteroatoms. The first-order valence-electron chi connectivity index (χ1n) is 5.32. The van der Waals surface area contributed by atoms with Gasteiger partial charge in [-0.15, -0.1) is 0 Å². The SMILES string of the molecule is C(=C\c1ccccc1)/OCc1ccccc1. The van der Waals surface area contributed by atoms with Gasteiger partial charge in [-0.2, -0.15) is 0 Å². The lowest BCUT2D eigenvalue weighted by molar-refractivity contribution is 0.239. The molecule has 1 nitrogen and oxygen atoms in total. The van der Waals surface area contributed by atoms with Gasteiger partial charge in [-0.05, 0) is 17.2 Å². The van der Waals surface area contributed by atoms with Crippen molar-refractivity contribution in [3.8, 4) is 0 Å². The molecule has 0 fully saturated rings. The van der Waals surface area contributed by atoms with E-state index in [0.717, 1.165) is 5.56 Å². The van der Waals surface area contributed by atoms with E-state index in [1.165, 1.54) is 5.56 Å². The number of hydrogen-bond acceptors (Lipinski definition) is 1. The van der Waals surface area contributed by atoms with Gasteiger partial charge < -0.3 is 4.74 Å². The monoisotopic (exact) mass is 210 g/mol. The van der Waals surface area contributed by atoms with E-state index in [4.69, 9.17) is 4.74 Å². The molecule has 2 aromatic carbocycles. The minimum atomic E-state index is 0.615. The Morgan fingerprint density at radius 3 is 2.12 bits per heavy atom. The molecule has 16 heavy (non-hydrogen) atoms. The zero-order valence-electron chi connectivity index (χ0n) is 9.04. The van der Waals surface area contributed by atoms with Gasteiger partial charge in [0.1, 0.15) is 6.61 Å². The van der Waals surface area contributed by atoms with Crippen LogP contribution in [0.25, 0.3) is 6.08 Å². The molecule has 0 unspecified atom stereocenters. The predicted molar refractivity (Wildman–Crippen MR) is 66.7 cm³/mol. The first-order chi connectivity index (χ1) is 7.95. The van der Waals surface area contributed by atoms with Crippen LogP contribution in [0.1, 0.15) is 11.1 Å². The third-order valence-electron chi connectivity index (χ3n) is 2.25. The summed E-state index contributed by atoms with van der Waals surface area (Å²) in [7, 11) is 0. The highest BCUT2D eigenvalue weighted by Gasteiger charge is 1.88. The molecule has 0 radical (unpaired) electrons. The average molecular weight is 210 g/mol. The van der Waals surface area contributed by atoms with Crippen molar-refractivity contribution in [2.45, 2.75) is 6.61 Å². The topological polar surface area (TPSA) is 9.23 Å². The molecule has 0 atom stereocenters. The van der Waals surface area contributed by atoms with Gasteiger partial charge in [0.15, 0.2) is 0 Å². The normalized spacial score (nSPS) is 10.5. The molecular formula is C15H14O. The van der Waals surface area contributed by atoms with Crippen LogP contribution < -0.4 is 0 Å². The van der Waals surface area contributed by atoms with Gasteiger partial charge in [0.05, 0.1) is 6.26 Å². The fraction of sp³-hybridized carbons (Fsp3) is 0.0667. The van der Waals surface area contributed by atoms with Gasteiger partial charge >= 0.3 is 0 Å².